The second-order valence-corrected chi connectivity index (χ2v) is 8.26. The van der Waals surface area contributed by atoms with Gasteiger partial charge in [0.25, 0.3) is 5.91 Å². The summed E-state index contributed by atoms with van der Waals surface area (Å²) in [6, 6.07) is 13.8. The van der Waals surface area contributed by atoms with Gasteiger partial charge in [-0.1, -0.05) is 54.3 Å². The van der Waals surface area contributed by atoms with Crippen molar-refractivity contribution in [3.8, 4) is 11.5 Å². The number of aryl methyl sites for hydroxylation is 2. The highest BCUT2D eigenvalue weighted by molar-refractivity contribution is 8.26. The van der Waals surface area contributed by atoms with Crippen LogP contribution in [0.15, 0.2) is 47.4 Å². The van der Waals surface area contributed by atoms with Gasteiger partial charge < -0.3 is 9.47 Å². The monoisotopic (exact) mass is 413 g/mol. The second-order valence-electron chi connectivity index (χ2n) is 6.58. The third-order valence-electron chi connectivity index (χ3n) is 4.38. The Hall–Kier alpha value is -2.31. The van der Waals surface area contributed by atoms with Gasteiger partial charge in [-0.2, -0.15) is 0 Å². The fourth-order valence-corrected chi connectivity index (χ4v) is 3.99. The molecule has 6 heteroatoms. The zero-order valence-electron chi connectivity index (χ0n) is 16.2. The van der Waals surface area contributed by atoms with Crippen molar-refractivity contribution in [1.29, 1.82) is 0 Å². The molecular formula is C22H23NO3S2. The standard InChI is InChI=1S/C22H23NO3S2/c1-15-6-4-7-16(2)20(15)26-13-5-12-25-18-10-8-17(9-11-18)14-19-21(24)23(3)22(27)28-19/h4,6-11,14H,5,12-13H2,1-3H3. The van der Waals surface area contributed by atoms with Gasteiger partial charge in [0, 0.05) is 13.5 Å². The first-order valence-corrected chi connectivity index (χ1v) is 10.3. The number of hydrogen-bond acceptors (Lipinski definition) is 5. The average molecular weight is 414 g/mol. The number of benzene rings is 2. The summed E-state index contributed by atoms with van der Waals surface area (Å²) < 4.78 is 12.3. The Kier molecular flexibility index (Phi) is 6.75. The largest absolute Gasteiger partial charge is 0.493 e. The third-order valence-corrected chi connectivity index (χ3v) is 5.86. The summed E-state index contributed by atoms with van der Waals surface area (Å²) in [5.74, 6) is 1.70. The fraction of sp³-hybridized carbons (Fsp3) is 0.273. The van der Waals surface area contributed by atoms with E-state index in [1.807, 2.05) is 36.4 Å². The lowest BCUT2D eigenvalue weighted by Crippen LogP contribution is -2.22. The van der Waals surface area contributed by atoms with Crippen molar-refractivity contribution in [1.82, 2.24) is 4.90 Å². The molecule has 0 saturated carbocycles. The van der Waals surface area contributed by atoms with Gasteiger partial charge in [0.1, 0.15) is 15.8 Å². The molecule has 28 heavy (non-hydrogen) atoms. The van der Waals surface area contributed by atoms with Crippen LogP contribution in [0.25, 0.3) is 6.08 Å². The van der Waals surface area contributed by atoms with Crippen LogP contribution in [-0.2, 0) is 4.79 Å². The Balaban J connectivity index is 1.46. The third kappa shape index (κ3) is 4.94. The number of hydrogen-bond donors (Lipinski definition) is 0. The van der Waals surface area contributed by atoms with Crippen LogP contribution in [0.5, 0.6) is 11.5 Å². The normalized spacial score (nSPS) is 15.4. The molecule has 1 aliphatic rings. The van der Waals surface area contributed by atoms with E-state index >= 15 is 0 Å². The lowest BCUT2D eigenvalue weighted by atomic mass is 10.1. The Morgan fingerprint density at radius 2 is 1.68 bits per heavy atom. The van der Waals surface area contributed by atoms with E-state index in [0.717, 1.165) is 34.6 Å². The molecule has 0 atom stereocenters. The number of thiocarbonyl (C=S) groups is 1. The molecule has 0 bridgehead atoms. The van der Waals surface area contributed by atoms with Crippen molar-refractivity contribution in [3.63, 3.8) is 0 Å². The highest BCUT2D eigenvalue weighted by atomic mass is 32.2. The van der Waals surface area contributed by atoms with Crippen molar-refractivity contribution in [2.45, 2.75) is 20.3 Å². The highest BCUT2D eigenvalue weighted by Crippen LogP contribution is 2.31. The lowest BCUT2D eigenvalue weighted by Gasteiger charge is -2.12. The molecular weight excluding hydrogens is 390 g/mol. The predicted octanol–water partition coefficient (Wildman–Crippen LogP) is 4.98. The van der Waals surface area contributed by atoms with Crippen LogP contribution >= 0.6 is 24.0 Å². The molecule has 0 N–H and O–H groups in total. The summed E-state index contributed by atoms with van der Waals surface area (Å²) in [7, 11) is 1.69. The maximum absolute atomic E-state index is 12.0. The molecule has 146 valence electrons. The zero-order chi connectivity index (χ0) is 20.1. The van der Waals surface area contributed by atoms with Gasteiger partial charge in [-0.3, -0.25) is 9.69 Å². The first-order chi connectivity index (χ1) is 13.5. The summed E-state index contributed by atoms with van der Waals surface area (Å²) in [4.78, 5) is 14.2. The van der Waals surface area contributed by atoms with E-state index in [0.29, 0.717) is 22.4 Å². The average Bonchev–Trinajstić information content (AvgIpc) is 2.91. The lowest BCUT2D eigenvalue weighted by molar-refractivity contribution is -0.121. The molecule has 1 aliphatic heterocycles. The highest BCUT2D eigenvalue weighted by Gasteiger charge is 2.28. The summed E-state index contributed by atoms with van der Waals surface area (Å²) in [5, 5.41) is 0. The molecule has 1 saturated heterocycles. The van der Waals surface area contributed by atoms with Crippen LogP contribution in [0.2, 0.25) is 0 Å². The van der Waals surface area contributed by atoms with E-state index in [4.69, 9.17) is 21.7 Å². The van der Waals surface area contributed by atoms with Gasteiger partial charge in [-0.25, -0.2) is 0 Å². The van der Waals surface area contributed by atoms with E-state index in [1.165, 1.54) is 16.7 Å². The molecule has 0 spiro atoms. The molecule has 0 unspecified atom stereocenters. The molecule has 3 rings (SSSR count). The summed E-state index contributed by atoms with van der Waals surface area (Å²) >= 11 is 6.47. The van der Waals surface area contributed by atoms with Crippen molar-refractivity contribution in [2.75, 3.05) is 20.3 Å². The Morgan fingerprint density at radius 1 is 1.04 bits per heavy atom. The van der Waals surface area contributed by atoms with Crippen molar-refractivity contribution in [3.05, 3.63) is 64.1 Å². The number of carbonyl (C=O) groups excluding carboxylic acids is 1. The van der Waals surface area contributed by atoms with Crippen molar-refractivity contribution in [2.24, 2.45) is 0 Å². The molecule has 2 aromatic rings. The van der Waals surface area contributed by atoms with Gasteiger partial charge >= 0.3 is 0 Å². The van der Waals surface area contributed by atoms with Crippen LogP contribution < -0.4 is 9.47 Å². The minimum absolute atomic E-state index is 0.0563. The molecule has 1 heterocycles. The zero-order valence-corrected chi connectivity index (χ0v) is 17.9. The van der Waals surface area contributed by atoms with Crippen molar-refractivity contribution < 1.29 is 14.3 Å². The molecule has 1 fully saturated rings. The Morgan fingerprint density at radius 3 is 2.29 bits per heavy atom. The predicted molar refractivity (Wildman–Crippen MR) is 119 cm³/mol. The smallest absolute Gasteiger partial charge is 0.265 e. The summed E-state index contributed by atoms with van der Waals surface area (Å²) in [6.07, 6.45) is 2.65. The van der Waals surface area contributed by atoms with Crippen molar-refractivity contribution >= 4 is 40.3 Å². The first-order valence-electron chi connectivity index (χ1n) is 9.09. The number of para-hydroxylation sites is 1. The van der Waals surface area contributed by atoms with Crippen LogP contribution in [0, 0.1) is 13.8 Å². The van der Waals surface area contributed by atoms with Gasteiger partial charge in [0.15, 0.2) is 0 Å². The number of thioether (sulfide) groups is 1. The molecule has 2 aromatic carbocycles. The minimum Gasteiger partial charge on any atom is -0.493 e. The Bertz CT molecular complexity index is 886. The summed E-state index contributed by atoms with van der Waals surface area (Å²) in [5.41, 5.74) is 3.24. The maximum Gasteiger partial charge on any atom is 0.265 e. The topological polar surface area (TPSA) is 38.8 Å². The number of nitrogens with zero attached hydrogens (tertiary/aromatic N) is 1. The quantitative estimate of drug-likeness (QED) is 0.364. The van der Waals surface area contributed by atoms with Crippen LogP contribution in [0.4, 0.5) is 0 Å². The number of ether oxygens (including phenoxy) is 2. The van der Waals surface area contributed by atoms with Crippen LogP contribution in [0.3, 0.4) is 0 Å². The molecule has 4 nitrogen and oxygen atoms in total. The van der Waals surface area contributed by atoms with Crippen LogP contribution in [-0.4, -0.2) is 35.4 Å². The van der Waals surface area contributed by atoms with Gasteiger partial charge in [0.05, 0.1) is 18.1 Å². The molecule has 0 radical (unpaired) electrons. The number of likely N-dealkylation sites (N-methyl/N-ethyl adjacent to an activating group) is 1. The van der Waals surface area contributed by atoms with Gasteiger partial charge in [0.2, 0.25) is 0 Å². The van der Waals surface area contributed by atoms with Gasteiger partial charge in [-0.05, 0) is 48.7 Å². The Labute approximate surface area is 175 Å². The van der Waals surface area contributed by atoms with Gasteiger partial charge in [-0.15, -0.1) is 0 Å². The number of amides is 1. The molecule has 1 amide bonds. The van der Waals surface area contributed by atoms with E-state index in [9.17, 15) is 4.79 Å². The SMILES string of the molecule is Cc1cccc(C)c1OCCCOc1ccc(C=C2SC(=S)N(C)C2=O)cc1. The van der Waals surface area contributed by atoms with E-state index in [2.05, 4.69) is 26.0 Å². The number of rotatable bonds is 7. The first kappa shape index (κ1) is 20.4. The van der Waals surface area contributed by atoms with E-state index in [1.54, 1.807) is 7.05 Å². The molecule has 0 aromatic heterocycles. The number of carbonyl (C=O) groups is 1. The second kappa shape index (κ2) is 9.26. The van der Waals surface area contributed by atoms with Crippen LogP contribution in [0.1, 0.15) is 23.1 Å². The minimum atomic E-state index is -0.0563. The maximum atomic E-state index is 12.0. The van der Waals surface area contributed by atoms with E-state index < -0.39 is 0 Å². The summed E-state index contributed by atoms with van der Waals surface area (Å²) in [6.45, 7) is 5.30. The van der Waals surface area contributed by atoms with E-state index in [-0.39, 0.29) is 5.91 Å². The molecule has 0 aliphatic carbocycles. The fourth-order valence-electron chi connectivity index (χ4n) is 2.81.